The zero-order valence-electron chi connectivity index (χ0n) is 9.17. The van der Waals surface area contributed by atoms with Gasteiger partial charge in [-0.25, -0.2) is 0 Å². The fourth-order valence-corrected chi connectivity index (χ4v) is 20.5. The van der Waals surface area contributed by atoms with Gasteiger partial charge < -0.3 is 0 Å². The molecule has 0 rings (SSSR count). The van der Waals surface area contributed by atoms with Crippen molar-refractivity contribution in [3.63, 3.8) is 0 Å². The van der Waals surface area contributed by atoms with Gasteiger partial charge in [-0.2, -0.15) is 0 Å². The van der Waals surface area contributed by atoms with Crippen molar-refractivity contribution >= 4 is 339 Å². The highest BCUT2D eigenvalue weighted by molar-refractivity contribution is 14.3. The van der Waals surface area contributed by atoms with Crippen molar-refractivity contribution in [2.75, 3.05) is 0 Å². The van der Waals surface area contributed by atoms with E-state index < -0.39 is 0 Å². The smallest absolute Gasteiger partial charge is 0.0716 e. The van der Waals surface area contributed by atoms with Crippen LogP contribution in [0.2, 0.25) is 0 Å². The second-order valence-electron chi connectivity index (χ2n) is 3.61. The van der Waals surface area contributed by atoms with Crippen molar-refractivity contribution in [1.82, 2.24) is 0 Å². The highest BCUT2D eigenvalue weighted by Crippen LogP contribution is 2.76. The summed E-state index contributed by atoms with van der Waals surface area (Å²) in [5, 5.41) is 0. The van der Waals surface area contributed by atoms with E-state index >= 15 is 0 Å². The quantitative estimate of drug-likeness (QED) is 0.184. The Morgan fingerprint density at radius 3 is 1.00 bits per heavy atom. The van der Waals surface area contributed by atoms with Crippen LogP contribution in [0.3, 0.4) is 0 Å². The van der Waals surface area contributed by atoms with E-state index in [-0.39, 0.29) is 4.58 Å². The second kappa shape index (κ2) is 12.3. The van der Waals surface area contributed by atoms with Gasteiger partial charge in [0.05, 0.1) is 0 Å². The minimum Gasteiger partial charge on any atom is -0.0716 e. The maximum Gasteiger partial charge on any atom is 0.149 e. The first-order chi connectivity index (χ1) is 9.15. The molecule has 0 amide bonds. The molecule has 0 N–H and O–H groups in total. The molecule has 0 aromatic heterocycles. The summed E-state index contributed by atoms with van der Waals surface area (Å²) in [4.78, 5) is 0. The minimum atomic E-state index is 0.00686. The Balaban J connectivity index is 6.12. The van der Waals surface area contributed by atoms with Crippen molar-refractivity contribution in [3.05, 3.63) is 3.92 Å². The van der Waals surface area contributed by atoms with E-state index in [1.54, 1.807) is 0 Å². The summed E-state index contributed by atoms with van der Waals surface area (Å²) >= 11 is 39.2. The van der Waals surface area contributed by atoms with Gasteiger partial charge in [0, 0.05) is 0 Å². The molecule has 0 fully saturated rings. The number of rotatable bonds is 6. The average molecular weight is 1990 g/mol. The van der Waals surface area contributed by atoms with Gasteiger partial charge in [-0.1, -0.05) is 339 Å². The van der Waals surface area contributed by atoms with E-state index in [1.807, 2.05) is 0 Å². The summed E-state index contributed by atoms with van der Waals surface area (Å²) in [6.45, 7) is 0. The van der Waals surface area contributed by atoms with E-state index in [1.165, 1.54) is 3.92 Å². The lowest BCUT2D eigenvalue weighted by molar-refractivity contribution is 0.775. The van der Waals surface area contributed by atoms with Gasteiger partial charge >= 0.3 is 0 Å². The Bertz CT molecular complexity index is 397. The molecule has 15 heteroatoms. The molecule has 0 nitrogen and oxygen atoms in total. The summed E-state index contributed by atoms with van der Waals surface area (Å²) in [6, 6.07) is 0. The summed E-state index contributed by atoms with van der Waals surface area (Å²) < 4.78 is 1.76. The van der Waals surface area contributed by atoms with Gasteiger partial charge in [-0.15, -0.1) is 0 Å². The lowest BCUT2D eigenvalue weighted by Crippen LogP contribution is -2.60. The average Bonchev–Trinajstić information content (AvgIpc) is 2.24. The molecular formula is C7I15. The zero-order valence-corrected chi connectivity index (χ0v) is 41.5. The van der Waals surface area contributed by atoms with Crippen LogP contribution in [0.5, 0.6) is 0 Å². The van der Waals surface area contributed by atoms with Crippen LogP contribution in [-0.2, 0) is 0 Å². The fourth-order valence-electron chi connectivity index (χ4n) is 0.888. The molecule has 0 aromatic rings. The Morgan fingerprint density at radius 1 is 0.455 bits per heavy atom. The summed E-state index contributed by atoms with van der Waals surface area (Å²) in [7, 11) is 0. The number of halogens is 15. The maximum absolute atomic E-state index is 2.68. The molecule has 0 aromatic carbocycles. The molecule has 0 aliphatic rings. The summed E-state index contributed by atoms with van der Waals surface area (Å²) in [6.07, 6.45) is 0. The molecule has 0 unspecified atom stereocenters. The van der Waals surface area contributed by atoms with Crippen LogP contribution < -0.4 is 0 Å². The molecule has 0 saturated heterocycles. The van der Waals surface area contributed by atoms with Gasteiger partial charge in [0.25, 0.3) is 0 Å². The summed E-state index contributed by atoms with van der Waals surface area (Å²) in [5.41, 5.74) is 0. The van der Waals surface area contributed by atoms with E-state index in [0.29, 0.717) is 0 Å². The number of hydrogen-bond donors (Lipinski definition) is 0. The Morgan fingerprint density at radius 2 is 0.773 bits per heavy atom. The number of hydrogen-bond acceptors (Lipinski definition) is 0. The normalized spacial score (nSPS) is 16.4. The van der Waals surface area contributed by atoms with Crippen LogP contribution in [0.1, 0.15) is 0 Å². The zero-order chi connectivity index (χ0) is 18.6. The molecule has 0 spiro atoms. The third-order valence-corrected chi connectivity index (χ3v) is 43.9. The highest BCUT2D eigenvalue weighted by atomic mass is 127. The van der Waals surface area contributed by atoms with Gasteiger partial charge in [-0.05, 0) is 0 Å². The molecule has 0 heterocycles. The SMILES string of the molecule is I[C](C(I)(I)I)C(I)(I)C(I)(I)C(I)(I)C(I)(I)C(I)(I)I. The lowest BCUT2D eigenvalue weighted by atomic mass is 10.1. The van der Waals surface area contributed by atoms with Crippen molar-refractivity contribution in [3.8, 4) is 0 Å². The first kappa shape index (κ1) is 33.0. The topological polar surface area (TPSA) is 0 Å². The van der Waals surface area contributed by atoms with Crippen LogP contribution in [0.25, 0.3) is 0 Å². The first-order valence-electron chi connectivity index (χ1n) is 4.33. The van der Waals surface area contributed by atoms with Crippen LogP contribution in [0, 0.1) is 3.92 Å². The predicted octanol–water partition coefficient (Wildman–Crippen LogP) is 12.1. The van der Waals surface area contributed by atoms with Crippen LogP contribution in [-0.4, -0.2) is 4.58 Å². The molecular weight excluding hydrogens is 1990 g/mol. The molecule has 0 aliphatic carbocycles. The maximum atomic E-state index is 2.68. The monoisotopic (exact) mass is 1990 g/mol. The molecule has 0 saturated carbocycles. The fraction of sp³-hybridized carbons (Fsp3) is 0.857. The van der Waals surface area contributed by atoms with Crippen LogP contribution in [0.4, 0.5) is 0 Å². The van der Waals surface area contributed by atoms with Gasteiger partial charge in [0.1, 0.15) is 8.51 Å². The Kier molecular flexibility index (Phi) is 18.4. The van der Waals surface area contributed by atoms with Crippen molar-refractivity contribution < 1.29 is 0 Å². The molecule has 1 radical (unpaired) electrons. The molecule has 22 heavy (non-hydrogen) atoms. The third-order valence-electron chi connectivity index (χ3n) is 2.06. The van der Waals surface area contributed by atoms with Gasteiger partial charge in [-0.3, -0.25) is 0 Å². The summed E-state index contributed by atoms with van der Waals surface area (Å²) in [5.74, 6) is 0. The largest absolute Gasteiger partial charge is 0.149 e. The van der Waals surface area contributed by atoms with Crippen LogP contribution in [0.15, 0.2) is 0 Å². The first-order valence-corrected chi connectivity index (χ1v) is 20.5. The molecule has 0 aliphatic heterocycles. The van der Waals surface area contributed by atoms with Crippen molar-refractivity contribution in [1.29, 1.82) is 0 Å². The van der Waals surface area contributed by atoms with Crippen LogP contribution >= 0.6 is 339 Å². The highest BCUT2D eigenvalue weighted by Gasteiger charge is 2.71. The Hall–Kier alpha value is 11.0. The molecule has 0 atom stereocenters. The third kappa shape index (κ3) is 7.99. The van der Waals surface area contributed by atoms with E-state index in [4.69, 9.17) is 0 Å². The predicted molar refractivity (Wildman–Crippen MR) is 230 cm³/mol. The minimum absolute atomic E-state index is 0.00686. The molecule has 133 valence electrons. The van der Waals surface area contributed by atoms with Gasteiger partial charge in [0.15, 0.2) is 0 Å². The standard InChI is InChI=1S/C7I15/c8-1(3(11,12)13)2(9,10)4(14,15)5(16,17)6(18,19)7(20,21)22. The van der Waals surface area contributed by atoms with Crippen molar-refractivity contribution in [2.24, 2.45) is 0 Å². The van der Waals surface area contributed by atoms with Gasteiger partial charge in [0.2, 0.25) is 0 Å². The lowest BCUT2D eigenvalue weighted by Gasteiger charge is -2.53. The van der Waals surface area contributed by atoms with E-state index in [0.717, 1.165) is 0 Å². The number of alkyl halides is 14. The van der Waals surface area contributed by atoms with E-state index in [9.17, 15) is 0 Å². The second-order valence-corrected chi connectivity index (χ2v) is 48.0. The van der Waals surface area contributed by atoms with E-state index in [2.05, 4.69) is 339 Å². The van der Waals surface area contributed by atoms with Crippen molar-refractivity contribution in [2.45, 2.75) is 4.58 Å². The Labute approximate surface area is 336 Å². The molecule has 0 bridgehead atoms.